The number of carbonyl (C=O) groups excluding carboxylic acids is 2. The Morgan fingerprint density at radius 3 is 2.31 bits per heavy atom. The molecule has 3 aromatic carbocycles. The minimum atomic E-state index is -3.99. The molecule has 2 amide bonds. The summed E-state index contributed by atoms with van der Waals surface area (Å²) in [4.78, 5) is 24.3. The van der Waals surface area contributed by atoms with Crippen molar-refractivity contribution in [2.24, 2.45) is 7.05 Å². The van der Waals surface area contributed by atoms with Crippen molar-refractivity contribution in [1.29, 1.82) is 0 Å². The Labute approximate surface area is 185 Å². The van der Waals surface area contributed by atoms with E-state index in [1.807, 2.05) is 36.4 Å². The molecule has 0 spiro atoms. The zero-order valence-electron chi connectivity index (χ0n) is 17.5. The number of nitrogens with zero attached hydrogens (tertiary/aromatic N) is 1. The number of hydrogen-bond donors (Lipinski definition) is 2. The largest absolute Gasteiger partial charge is 0.340 e. The molecule has 0 aliphatic carbocycles. The standard InChI is InChI=1S/C24H21N3O4S/c1-16(28)25-18-9-6-8-17(14-18)20-12-7-13-22-21(20)15-23(27(22)2)24(29)26-32(30,31)19-10-4-3-5-11-19/h3-15H,1-2H3,(H,25,28)(H,26,29). The van der Waals surface area contributed by atoms with Gasteiger partial charge in [0.15, 0.2) is 0 Å². The summed E-state index contributed by atoms with van der Waals surface area (Å²) in [6.45, 7) is 1.44. The number of aryl methyl sites for hydroxylation is 1. The molecule has 0 saturated carbocycles. The van der Waals surface area contributed by atoms with Gasteiger partial charge in [0.05, 0.1) is 4.90 Å². The van der Waals surface area contributed by atoms with Crippen LogP contribution >= 0.6 is 0 Å². The molecule has 32 heavy (non-hydrogen) atoms. The third-order valence-corrected chi connectivity index (χ3v) is 6.44. The molecule has 0 bridgehead atoms. The number of benzene rings is 3. The highest BCUT2D eigenvalue weighted by molar-refractivity contribution is 7.90. The third kappa shape index (κ3) is 4.13. The van der Waals surface area contributed by atoms with Gasteiger partial charge in [-0.1, -0.05) is 42.5 Å². The van der Waals surface area contributed by atoms with Gasteiger partial charge in [-0.15, -0.1) is 0 Å². The van der Waals surface area contributed by atoms with Gasteiger partial charge < -0.3 is 9.88 Å². The number of fused-ring (bicyclic) bond motifs is 1. The van der Waals surface area contributed by atoms with E-state index < -0.39 is 15.9 Å². The minimum Gasteiger partial charge on any atom is -0.340 e. The first-order valence-corrected chi connectivity index (χ1v) is 11.3. The maximum Gasteiger partial charge on any atom is 0.281 e. The minimum absolute atomic E-state index is 0.0163. The van der Waals surface area contributed by atoms with Crippen LogP contribution in [0.1, 0.15) is 17.4 Å². The molecular formula is C24H21N3O4S. The third-order valence-electron chi connectivity index (χ3n) is 5.09. The van der Waals surface area contributed by atoms with Crippen LogP contribution in [-0.2, 0) is 21.9 Å². The SMILES string of the molecule is CC(=O)Nc1cccc(-c2cccc3c2cc(C(=O)NS(=O)(=O)c2ccccc2)n3C)c1. The summed E-state index contributed by atoms with van der Waals surface area (Å²) in [7, 11) is -2.28. The molecular weight excluding hydrogens is 426 g/mol. The van der Waals surface area contributed by atoms with E-state index in [9.17, 15) is 18.0 Å². The van der Waals surface area contributed by atoms with E-state index in [4.69, 9.17) is 0 Å². The fourth-order valence-electron chi connectivity index (χ4n) is 3.63. The average molecular weight is 448 g/mol. The summed E-state index contributed by atoms with van der Waals surface area (Å²) in [5.74, 6) is -0.885. The Morgan fingerprint density at radius 2 is 1.59 bits per heavy atom. The summed E-state index contributed by atoms with van der Waals surface area (Å²) in [5.41, 5.74) is 3.36. The van der Waals surface area contributed by atoms with Crippen LogP contribution in [0.3, 0.4) is 0 Å². The molecule has 0 fully saturated rings. The maximum absolute atomic E-state index is 12.9. The zero-order chi connectivity index (χ0) is 22.9. The van der Waals surface area contributed by atoms with Gasteiger partial charge in [-0.05, 0) is 47.5 Å². The van der Waals surface area contributed by atoms with Crippen molar-refractivity contribution >= 4 is 38.4 Å². The van der Waals surface area contributed by atoms with Crippen molar-refractivity contribution in [3.8, 4) is 11.1 Å². The van der Waals surface area contributed by atoms with Crippen LogP contribution < -0.4 is 10.0 Å². The lowest BCUT2D eigenvalue weighted by atomic mass is 10.0. The molecule has 8 heteroatoms. The first-order valence-electron chi connectivity index (χ1n) is 9.85. The van der Waals surface area contributed by atoms with Crippen LogP contribution in [0.25, 0.3) is 22.0 Å². The average Bonchev–Trinajstić information content (AvgIpc) is 3.11. The van der Waals surface area contributed by atoms with Crippen molar-refractivity contribution < 1.29 is 18.0 Å². The second-order valence-electron chi connectivity index (χ2n) is 7.34. The van der Waals surface area contributed by atoms with Crippen LogP contribution in [0.15, 0.2) is 83.8 Å². The predicted molar refractivity (Wildman–Crippen MR) is 124 cm³/mol. The molecule has 7 nitrogen and oxygen atoms in total. The van der Waals surface area contributed by atoms with Crippen LogP contribution in [0, 0.1) is 0 Å². The van der Waals surface area contributed by atoms with Gasteiger partial charge in [0.2, 0.25) is 5.91 Å². The van der Waals surface area contributed by atoms with Gasteiger partial charge in [0, 0.05) is 30.6 Å². The van der Waals surface area contributed by atoms with E-state index in [2.05, 4.69) is 10.0 Å². The van der Waals surface area contributed by atoms with Gasteiger partial charge in [-0.25, -0.2) is 13.1 Å². The lowest BCUT2D eigenvalue weighted by Crippen LogP contribution is -2.31. The van der Waals surface area contributed by atoms with Crippen molar-refractivity contribution in [2.45, 2.75) is 11.8 Å². The highest BCUT2D eigenvalue weighted by atomic mass is 32.2. The van der Waals surface area contributed by atoms with E-state index in [1.165, 1.54) is 19.1 Å². The monoisotopic (exact) mass is 447 g/mol. The van der Waals surface area contributed by atoms with E-state index in [1.54, 1.807) is 41.9 Å². The molecule has 0 saturated heterocycles. The molecule has 162 valence electrons. The van der Waals surface area contributed by atoms with E-state index >= 15 is 0 Å². The summed E-state index contributed by atoms with van der Waals surface area (Å²) in [6, 6.07) is 22.4. The number of sulfonamides is 1. The topological polar surface area (TPSA) is 97.3 Å². The first kappa shape index (κ1) is 21.3. The maximum atomic E-state index is 12.9. The van der Waals surface area contributed by atoms with Crippen LogP contribution in [0.4, 0.5) is 5.69 Å². The number of nitrogens with one attached hydrogen (secondary N) is 2. The Hall–Kier alpha value is -3.91. The van der Waals surface area contributed by atoms with Crippen LogP contribution in [0.5, 0.6) is 0 Å². The van der Waals surface area contributed by atoms with Gasteiger partial charge in [0.25, 0.3) is 15.9 Å². The quantitative estimate of drug-likeness (QED) is 0.485. The number of aromatic nitrogens is 1. The molecule has 1 aromatic heterocycles. The fourth-order valence-corrected chi connectivity index (χ4v) is 4.61. The van der Waals surface area contributed by atoms with Crippen LogP contribution in [-0.4, -0.2) is 24.8 Å². The van der Waals surface area contributed by atoms with E-state index in [0.717, 1.165) is 22.0 Å². The molecule has 4 rings (SSSR count). The molecule has 0 aliphatic rings. The summed E-state index contributed by atoms with van der Waals surface area (Å²) in [6.07, 6.45) is 0. The Bertz CT molecular complexity index is 1440. The molecule has 2 N–H and O–H groups in total. The van der Waals surface area contributed by atoms with Crippen molar-refractivity contribution in [3.63, 3.8) is 0 Å². The molecule has 1 heterocycles. The number of anilines is 1. The number of rotatable bonds is 5. The summed E-state index contributed by atoms with van der Waals surface area (Å²) >= 11 is 0. The highest BCUT2D eigenvalue weighted by Crippen LogP contribution is 2.32. The Morgan fingerprint density at radius 1 is 0.875 bits per heavy atom. The van der Waals surface area contributed by atoms with E-state index in [0.29, 0.717) is 5.69 Å². The van der Waals surface area contributed by atoms with Gasteiger partial charge in [0.1, 0.15) is 5.69 Å². The van der Waals surface area contributed by atoms with Crippen molar-refractivity contribution in [3.05, 3.63) is 84.6 Å². The smallest absolute Gasteiger partial charge is 0.281 e. The number of amides is 2. The van der Waals surface area contributed by atoms with Gasteiger partial charge >= 0.3 is 0 Å². The Balaban J connectivity index is 1.74. The zero-order valence-corrected chi connectivity index (χ0v) is 18.3. The fraction of sp³-hybridized carbons (Fsp3) is 0.0833. The van der Waals surface area contributed by atoms with Crippen molar-refractivity contribution in [1.82, 2.24) is 9.29 Å². The second-order valence-corrected chi connectivity index (χ2v) is 9.02. The first-order chi connectivity index (χ1) is 15.3. The van der Waals surface area contributed by atoms with E-state index in [-0.39, 0.29) is 16.5 Å². The summed E-state index contributed by atoms with van der Waals surface area (Å²) in [5, 5.41) is 3.55. The Kier molecular flexibility index (Phi) is 5.54. The molecule has 4 aromatic rings. The molecule has 0 atom stereocenters. The highest BCUT2D eigenvalue weighted by Gasteiger charge is 2.22. The number of carbonyl (C=O) groups is 2. The predicted octanol–water partition coefficient (Wildman–Crippen LogP) is 3.92. The number of hydrogen-bond acceptors (Lipinski definition) is 4. The second kappa shape index (κ2) is 8.32. The summed E-state index contributed by atoms with van der Waals surface area (Å²) < 4.78 is 29.0. The normalized spacial score (nSPS) is 11.3. The lowest BCUT2D eigenvalue weighted by molar-refractivity contribution is -0.114. The molecule has 0 aliphatic heterocycles. The van der Waals surface area contributed by atoms with Gasteiger partial charge in [-0.3, -0.25) is 9.59 Å². The van der Waals surface area contributed by atoms with Crippen molar-refractivity contribution in [2.75, 3.05) is 5.32 Å². The lowest BCUT2D eigenvalue weighted by Gasteiger charge is -2.08. The van der Waals surface area contributed by atoms with Gasteiger partial charge in [-0.2, -0.15) is 0 Å². The van der Waals surface area contributed by atoms with Crippen LogP contribution in [0.2, 0.25) is 0 Å². The molecule has 0 radical (unpaired) electrons. The molecule has 0 unspecified atom stereocenters.